The van der Waals surface area contributed by atoms with Crippen LogP contribution < -0.4 is 4.72 Å². The van der Waals surface area contributed by atoms with Crippen LogP contribution in [0.2, 0.25) is 0 Å². The van der Waals surface area contributed by atoms with Gasteiger partial charge < -0.3 is 0 Å². The number of hydrogen-bond donors (Lipinski definition) is 1. The summed E-state index contributed by atoms with van der Waals surface area (Å²) in [5.74, 6) is 0. The van der Waals surface area contributed by atoms with Crippen molar-refractivity contribution in [3.05, 3.63) is 76.8 Å². The maximum absolute atomic E-state index is 12.5. The molecule has 0 bridgehead atoms. The molecule has 3 rings (SSSR count). The lowest BCUT2D eigenvalue weighted by Crippen LogP contribution is -2.13. The average Bonchev–Trinajstić information content (AvgIpc) is 2.55. The summed E-state index contributed by atoms with van der Waals surface area (Å²) in [6, 6.07) is 17.6. The third kappa shape index (κ3) is 3.00. The molecule has 0 amide bonds. The molecule has 0 heterocycles. The molecule has 3 aromatic carbocycles. The van der Waals surface area contributed by atoms with Crippen molar-refractivity contribution in [3.63, 3.8) is 0 Å². The van der Waals surface area contributed by atoms with Gasteiger partial charge in [-0.15, -0.1) is 0 Å². The van der Waals surface area contributed by atoms with Crippen LogP contribution in [0.25, 0.3) is 10.8 Å². The van der Waals surface area contributed by atoms with Gasteiger partial charge >= 0.3 is 0 Å². The van der Waals surface area contributed by atoms with E-state index in [9.17, 15) is 18.5 Å². The Labute approximate surface area is 132 Å². The van der Waals surface area contributed by atoms with E-state index in [1.807, 2.05) is 24.3 Å². The van der Waals surface area contributed by atoms with Gasteiger partial charge in [0.2, 0.25) is 0 Å². The van der Waals surface area contributed by atoms with Crippen LogP contribution in [0.5, 0.6) is 0 Å². The summed E-state index contributed by atoms with van der Waals surface area (Å²) in [5.41, 5.74) is 0.153. The number of nitro groups is 1. The highest BCUT2D eigenvalue weighted by Gasteiger charge is 2.18. The van der Waals surface area contributed by atoms with Gasteiger partial charge in [0.1, 0.15) is 0 Å². The fraction of sp³-hybridized carbons (Fsp3) is 0. The molecule has 6 nitrogen and oxygen atoms in total. The molecule has 0 aliphatic heterocycles. The number of rotatable bonds is 4. The molecule has 7 heteroatoms. The quantitative estimate of drug-likeness (QED) is 0.586. The lowest BCUT2D eigenvalue weighted by atomic mass is 10.1. The largest absolute Gasteiger partial charge is 0.279 e. The van der Waals surface area contributed by atoms with E-state index in [0.717, 1.165) is 16.8 Å². The first-order chi connectivity index (χ1) is 11.0. The number of nitrogens with one attached hydrogen (secondary N) is 1. The molecule has 0 saturated carbocycles. The molecule has 0 aliphatic carbocycles. The minimum absolute atomic E-state index is 0.153. The second-order valence-electron chi connectivity index (χ2n) is 4.89. The first-order valence-electron chi connectivity index (χ1n) is 6.72. The molecule has 0 unspecified atom stereocenters. The fourth-order valence-corrected chi connectivity index (χ4v) is 3.40. The molecule has 0 aromatic heterocycles. The third-order valence-corrected chi connectivity index (χ3v) is 4.74. The molecular formula is C16H12N2O4S. The highest BCUT2D eigenvalue weighted by atomic mass is 32.2. The van der Waals surface area contributed by atoms with Crippen molar-refractivity contribution in [1.82, 2.24) is 0 Å². The van der Waals surface area contributed by atoms with Crippen LogP contribution in [0.3, 0.4) is 0 Å². The molecular weight excluding hydrogens is 316 g/mol. The number of non-ortho nitro benzene ring substituents is 1. The summed E-state index contributed by atoms with van der Waals surface area (Å²) in [7, 11) is -3.92. The Morgan fingerprint density at radius 2 is 1.61 bits per heavy atom. The number of fused-ring (bicyclic) bond motifs is 1. The van der Waals surface area contributed by atoms with Crippen molar-refractivity contribution in [2.75, 3.05) is 4.72 Å². The Bertz CT molecular complexity index is 994. The maximum atomic E-state index is 12.5. The number of nitro benzene ring substituents is 1. The summed E-state index contributed by atoms with van der Waals surface area (Å²) < 4.78 is 27.5. The molecule has 3 aromatic rings. The zero-order valence-corrected chi connectivity index (χ0v) is 12.7. The second-order valence-corrected chi connectivity index (χ2v) is 6.57. The monoisotopic (exact) mass is 328 g/mol. The summed E-state index contributed by atoms with van der Waals surface area (Å²) in [5, 5.41) is 12.5. The average molecular weight is 328 g/mol. The van der Waals surface area contributed by atoms with Crippen LogP contribution in [-0.4, -0.2) is 13.3 Å². The zero-order valence-electron chi connectivity index (χ0n) is 11.8. The Hall–Kier alpha value is -2.93. The first-order valence-corrected chi connectivity index (χ1v) is 8.21. The zero-order chi connectivity index (χ0) is 16.4. The van der Waals surface area contributed by atoms with Crippen molar-refractivity contribution >= 4 is 32.2 Å². The van der Waals surface area contributed by atoms with E-state index in [0.29, 0.717) is 5.69 Å². The van der Waals surface area contributed by atoms with Crippen molar-refractivity contribution in [3.8, 4) is 0 Å². The number of benzene rings is 3. The van der Waals surface area contributed by atoms with Gasteiger partial charge in [0.25, 0.3) is 15.7 Å². The summed E-state index contributed by atoms with van der Waals surface area (Å²) in [6.07, 6.45) is 0. The summed E-state index contributed by atoms with van der Waals surface area (Å²) in [6.45, 7) is 0. The van der Waals surface area contributed by atoms with Crippen LogP contribution in [0.15, 0.2) is 71.6 Å². The van der Waals surface area contributed by atoms with E-state index in [1.54, 1.807) is 18.2 Å². The molecule has 23 heavy (non-hydrogen) atoms. The van der Waals surface area contributed by atoms with Gasteiger partial charge in [-0.3, -0.25) is 14.8 Å². The van der Waals surface area contributed by atoms with Crippen LogP contribution in [0.1, 0.15) is 0 Å². The van der Waals surface area contributed by atoms with E-state index < -0.39 is 14.9 Å². The van der Waals surface area contributed by atoms with Gasteiger partial charge in [0, 0.05) is 17.5 Å². The van der Waals surface area contributed by atoms with Crippen LogP contribution in [0.4, 0.5) is 11.4 Å². The molecule has 0 fully saturated rings. The minimum atomic E-state index is -3.92. The summed E-state index contributed by atoms with van der Waals surface area (Å²) in [4.78, 5) is 10.0. The summed E-state index contributed by atoms with van der Waals surface area (Å²) >= 11 is 0. The topological polar surface area (TPSA) is 89.3 Å². The fourth-order valence-electron chi connectivity index (χ4n) is 2.28. The predicted octanol–water partition coefficient (Wildman–Crippen LogP) is 3.55. The Kier molecular flexibility index (Phi) is 3.71. The predicted molar refractivity (Wildman–Crippen MR) is 87.9 cm³/mol. The van der Waals surface area contributed by atoms with Crippen molar-refractivity contribution in [2.45, 2.75) is 4.90 Å². The number of nitrogens with zero attached hydrogens (tertiary/aromatic N) is 1. The van der Waals surface area contributed by atoms with E-state index in [-0.39, 0.29) is 10.6 Å². The Morgan fingerprint density at radius 3 is 2.39 bits per heavy atom. The van der Waals surface area contributed by atoms with Crippen LogP contribution in [-0.2, 0) is 10.0 Å². The van der Waals surface area contributed by atoms with Crippen molar-refractivity contribution < 1.29 is 13.3 Å². The van der Waals surface area contributed by atoms with Crippen molar-refractivity contribution in [2.24, 2.45) is 0 Å². The lowest BCUT2D eigenvalue weighted by molar-refractivity contribution is -0.385. The standard InChI is InChI=1S/C16H12N2O4S/c19-18(20)13-7-4-8-14(11-13)23(21,22)17-16-10-3-6-12-5-1-2-9-15(12)16/h1-11,17H. The van der Waals surface area contributed by atoms with Crippen LogP contribution >= 0.6 is 0 Å². The Morgan fingerprint density at radius 1 is 0.913 bits per heavy atom. The molecule has 0 radical (unpaired) electrons. The van der Waals surface area contributed by atoms with Gasteiger partial charge in [0.05, 0.1) is 15.5 Å². The molecule has 0 aliphatic rings. The molecule has 0 spiro atoms. The number of anilines is 1. The van der Waals surface area contributed by atoms with E-state index in [4.69, 9.17) is 0 Å². The Balaban J connectivity index is 2.04. The first kappa shape index (κ1) is 15.0. The van der Waals surface area contributed by atoms with Gasteiger partial charge in [-0.2, -0.15) is 0 Å². The van der Waals surface area contributed by atoms with E-state index >= 15 is 0 Å². The smallest absolute Gasteiger partial charge is 0.270 e. The lowest BCUT2D eigenvalue weighted by Gasteiger charge is -2.10. The van der Waals surface area contributed by atoms with Gasteiger partial charge in [-0.25, -0.2) is 8.42 Å². The molecule has 1 N–H and O–H groups in total. The highest BCUT2D eigenvalue weighted by molar-refractivity contribution is 7.92. The number of hydrogen-bond acceptors (Lipinski definition) is 4. The molecule has 116 valence electrons. The van der Waals surface area contributed by atoms with Gasteiger partial charge in [-0.1, -0.05) is 42.5 Å². The normalized spacial score (nSPS) is 11.3. The van der Waals surface area contributed by atoms with Crippen molar-refractivity contribution in [1.29, 1.82) is 0 Å². The minimum Gasteiger partial charge on any atom is -0.279 e. The maximum Gasteiger partial charge on any atom is 0.270 e. The van der Waals surface area contributed by atoms with Crippen LogP contribution in [0, 0.1) is 10.1 Å². The second kappa shape index (κ2) is 5.69. The SMILES string of the molecule is O=[N+]([O-])c1cccc(S(=O)(=O)Nc2cccc3ccccc23)c1. The molecule has 0 saturated heterocycles. The highest BCUT2D eigenvalue weighted by Crippen LogP contribution is 2.26. The van der Waals surface area contributed by atoms with E-state index in [2.05, 4.69) is 4.72 Å². The third-order valence-electron chi connectivity index (χ3n) is 3.37. The van der Waals surface area contributed by atoms with Gasteiger partial charge in [0.15, 0.2) is 0 Å². The van der Waals surface area contributed by atoms with E-state index in [1.165, 1.54) is 18.2 Å². The van der Waals surface area contributed by atoms with Gasteiger partial charge in [-0.05, 0) is 17.5 Å². The number of sulfonamides is 1. The molecule has 0 atom stereocenters.